The third kappa shape index (κ3) is 4.88. The van der Waals surface area contributed by atoms with Gasteiger partial charge in [0.1, 0.15) is 24.2 Å². The first-order valence-corrected chi connectivity index (χ1v) is 7.19. The summed E-state index contributed by atoms with van der Waals surface area (Å²) in [6, 6.07) is 7.75. The number of aromatic nitrogens is 1. The minimum Gasteiger partial charge on any atom is -0.491 e. The Morgan fingerprint density at radius 2 is 2.19 bits per heavy atom. The minimum atomic E-state index is -0.579. The lowest BCUT2D eigenvalue weighted by Gasteiger charge is -2.14. The van der Waals surface area contributed by atoms with Gasteiger partial charge in [0.05, 0.1) is 12.7 Å². The molecule has 1 unspecified atom stereocenters. The van der Waals surface area contributed by atoms with Gasteiger partial charge < -0.3 is 19.6 Å². The van der Waals surface area contributed by atoms with E-state index in [-0.39, 0.29) is 6.61 Å². The molecular weight excluding hydrogens is 268 g/mol. The lowest BCUT2D eigenvalue weighted by molar-refractivity contribution is 0.105. The molecule has 114 valence electrons. The molecule has 5 nitrogen and oxygen atoms in total. The van der Waals surface area contributed by atoms with Crippen molar-refractivity contribution < 1.29 is 14.3 Å². The number of oxazole rings is 1. The highest BCUT2D eigenvalue weighted by molar-refractivity contribution is 5.31. The van der Waals surface area contributed by atoms with Crippen molar-refractivity contribution in [3.05, 3.63) is 47.7 Å². The van der Waals surface area contributed by atoms with Crippen molar-refractivity contribution in [2.75, 3.05) is 13.2 Å². The van der Waals surface area contributed by atoms with Crippen molar-refractivity contribution in [3.8, 4) is 5.75 Å². The van der Waals surface area contributed by atoms with Gasteiger partial charge in [-0.05, 0) is 18.6 Å². The van der Waals surface area contributed by atoms with E-state index in [0.29, 0.717) is 19.0 Å². The summed E-state index contributed by atoms with van der Waals surface area (Å²) >= 11 is 0. The summed E-state index contributed by atoms with van der Waals surface area (Å²) in [5.74, 6) is 2.31. The van der Waals surface area contributed by atoms with Crippen LogP contribution in [0.25, 0.3) is 0 Å². The highest BCUT2D eigenvalue weighted by Gasteiger charge is 2.07. The lowest BCUT2D eigenvalue weighted by atomic mass is 10.2. The van der Waals surface area contributed by atoms with Gasteiger partial charge in [-0.2, -0.15) is 0 Å². The van der Waals surface area contributed by atoms with Crippen LogP contribution in [-0.4, -0.2) is 29.3 Å². The molecule has 0 radical (unpaired) electrons. The number of nitrogens with one attached hydrogen (secondary N) is 1. The van der Waals surface area contributed by atoms with E-state index in [9.17, 15) is 5.11 Å². The molecule has 5 heteroatoms. The molecular formula is C16H22N2O3. The number of ether oxygens (including phenoxy) is 1. The van der Waals surface area contributed by atoms with Crippen molar-refractivity contribution in [3.63, 3.8) is 0 Å². The molecule has 21 heavy (non-hydrogen) atoms. The average molecular weight is 290 g/mol. The van der Waals surface area contributed by atoms with E-state index < -0.39 is 6.10 Å². The van der Waals surface area contributed by atoms with E-state index in [2.05, 4.69) is 10.3 Å². The predicted octanol–water partition coefficient (Wildman–Crippen LogP) is 2.07. The monoisotopic (exact) mass is 290 g/mol. The molecule has 0 aliphatic carbocycles. The Hall–Kier alpha value is -1.85. The summed E-state index contributed by atoms with van der Waals surface area (Å²) in [6.07, 6.45) is 1.99. The van der Waals surface area contributed by atoms with Crippen LogP contribution in [0.2, 0.25) is 0 Å². The third-order valence-corrected chi connectivity index (χ3v) is 3.13. The maximum absolute atomic E-state index is 9.89. The summed E-state index contributed by atoms with van der Waals surface area (Å²) in [4.78, 5) is 4.15. The Morgan fingerprint density at radius 1 is 1.38 bits per heavy atom. The van der Waals surface area contributed by atoms with E-state index in [1.54, 1.807) is 6.20 Å². The first-order valence-electron chi connectivity index (χ1n) is 7.19. The quantitative estimate of drug-likeness (QED) is 0.779. The van der Waals surface area contributed by atoms with Crippen molar-refractivity contribution in [1.82, 2.24) is 10.3 Å². The topological polar surface area (TPSA) is 67.5 Å². The molecule has 2 N–H and O–H groups in total. The van der Waals surface area contributed by atoms with Gasteiger partial charge in [-0.3, -0.25) is 0 Å². The average Bonchev–Trinajstić information content (AvgIpc) is 2.94. The SMILES string of the molecule is CCc1cnc(CNCC(O)COc2ccccc2C)o1. The Kier molecular flexibility index (Phi) is 5.78. The number of benzene rings is 1. The molecule has 0 fully saturated rings. The summed E-state index contributed by atoms with van der Waals surface area (Å²) in [7, 11) is 0. The highest BCUT2D eigenvalue weighted by Crippen LogP contribution is 2.16. The molecule has 2 rings (SSSR count). The van der Waals surface area contributed by atoms with Crippen LogP contribution in [0.1, 0.15) is 24.1 Å². The van der Waals surface area contributed by atoms with Gasteiger partial charge in [-0.15, -0.1) is 0 Å². The van der Waals surface area contributed by atoms with Crippen LogP contribution in [0.5, 0.6) is 5.75 Å². The van der Waals surface area contributed by atoms with Crippen molar-refractivity contribution in [1.29, 1.82) is 0 Å². The van der Waals surface area contributed by atoms with Crippen LogP contribution in [0.4, 0.5) is 0 Å². The molecule has 0 bridgehead atoms. The number of aryl methyl sites for hydroxylation is 2. The minimum absolute atomic E-state index is 0.254. The van der Waals surface area contributed by atoms with Crippen LogP contribution in [0.15, 0.2) is 34.9 Å². The second-order valence-electron chi connectivity index (χ2n) is 4.94. The molecule has 0 spiro atoms. The number of rotatable bonds is 8. The number of hydrogen-bond donors (Lipinski definition) is 2. The third-order valence-electron chi connectivity index (χ3n) is 3.13. The normalized spacial score (nSPS) is 12.3. The lowest BCUT2D eigenvalue weighted by Crippen LogP contribution is -2.31. The summed E-state index contributed by atoms with van der Waals surface area (Å²) in [5, 5.41) is 13.0. The number of nitrogens with zero attached hydrogens (tertiary/aromatic N) is 1. The van der Waals surface area contributed by atoms with Crippen molar-refractivity contribution >= 4 is 0 Å². The number of aliphatic hydroxyl groups excluding tert-OH is 1. The number of aliphatic hydroxyl groups is 1. The first-order chi connectivity index (χ1) is 10.2. The molecule has 0 amide bonds. The van der Waals surface area contributed by atoms with E-state index in [4.69, 9.17) is 9.15 Å². The largest absolute Gasteiger partial charge is 0.491 e. The van der Waals surface area contributed by atoms with Crippen LogP contribution in [0, 0.1) is 6.92 Å². The summed E-state index contributed by atoms with van der Waals surface area (Å²) < 4.78 is 11.1. The molecule has 1 heterocycles. The Morgan fingerprint density at radius 3 is 2.90 bits per heavy atom. The van der Waals surface area contributed by atoms with Crippen molar-refractivity contribution in [2.24, 2.45) is 0 Å². The molecule has 2 aromatic rings. The molecule has 0 saturated carbocycles. The van der Waals surface area contributed by atoms with Gasteiger partial charge in [-0.1, -0.05) is 25.1 Å². The van der Waals surface area contributed by atoms with Crippen LogP contribution < -0.4 is 10.1 Å². The van der Waals surface area contributed by atoms with Crippen LogP contribution in [0.3, 0.4) is 0 Å². The molecule has 0 saturated heterocycles. The molecule has 0 aliphatic rings. The maximum Gasteiger partial charge on any atom is 0.208 e. The number of para-hydroxylation sites is 1. The zero-order valence-corrected chi connectivity index (χ0v) is 12.5. The zero-order chi connectivity index (χ0) is 15.1. The zero-order valence-electron chi connectivity index (χ0n) is 12.5. The van der Waals surface area contributed by atoms with Gasteiger partial charge >= 0.3 is 0 Å². The van der Waals surface area contributed by atoms with Gasteiger partial charge in [0.2, 0.25) is 5.89 Å². The van der Waals surface area contributed by atoms with E-state index in [0.717, 1.165) is 23.5 Å². The van der Waals surface area contributed by atoms with E-state index in [1.807, 2.05) is 38.1 Å². The molecule has 0 aliphatic heterocycles. The Bertz CT molecular complexity index is 554. The maximum atomic E-state index is 9.89. The summed E-state index contributed by atoms with van der Waals surface area (Å²) in [5.41, 5.74) is 1.06. The van der Waals surface area contributed by atoms with Crippen molar-refractivity contribution in [2.45, 2.75) is 32.9 Å². The van der Waals surface area contributed by atoms with Gasteiger partial charge in [0.25, 0.3) is 0 Å². The standard InChI is InChI=1S/C16H22N2O3/c1-3-14-9-18-16(21-14)10-17-8-13(19)11-20-15-7-5-4-6-12(15)2/h4-7,9,13,17,19H,3,8,10-11H2,1-2H3. The smallest absolute Gasteiger partial charge is 0.208 e. The van der Waals surface area contributed by atoms with E-state index in [1.165, 1.54) is 0 Å². The molecule has 1 atom stereocenters. The fourth-order valence-electron chi connectivity index (χ4n) is 1.90. The second-order valence-corrected chi connectivity index (χ2v) is 4.94. The van der Waals surface area contributed by atoms with Crippen LogP contribution >= 0.6 is 0 Å². The Balaban J connectivity index is 1.68. The fourth-order valence-corrected chi connectivity index (χ4v) is 1.90. The fraction of sp³-hybridized carbons (Fsp3) is 0.438. The van der Waals surface area contributed by atoms with Gasteiger partial charge in [0.15, 0.2) is 0 Å². The predicted molar refractivity (Wildman–Crippen MR) is 80.3 cm³/mol. The second kappa shape index (κ2) is 7.81. The molecule has 1 aromatic carbocycles. The summed E-state index contributed by atoms with van der Waals surface area (Å²) in [6.45, 7) is 5.18. The van der Waals surface area contributed by atoms with Gasteiger partial charge in [-0.25, -0.2) is 4.98 Å². The molecule has 1 aromatic heterocycles. The van der Waals surface area contributed by atoms with Crippen LogP contribution in [-0.2, 0) is 13.0 Å². The first kappa shape index (κ1) is 15.5. The highest BCUT2D eigenvalue weighted by atomic mass is 16.5. The van der Waals surface area contributed by atoms with Gasteiger partial charge in [0, 0.05) is 13.0 Å². The van der Waals surface area contributed by atoms with E-state index >= 15 is 0 Å². The number of hydrogen-bond acceptors (Lipinski definition) is 5. The Labute approximate surface area is 125 Å².